The number of fused-ring (bicyclic) bond motifs is 2. The van der Waals surface area contributed by atoms with Gasteiger partial charge in [-0.3, -0.25) is 0 Å². The van der Waals surface area contributed by atoms with Crippen LogP contribution in [0.25, 0.3) is 0 Å². The number of halogens is 1. The van der Waals surface area contributed by atoms with Gasteiger partial charge in [0.2, 0.25) is 5.95 Å². The summed E-state index contributed by atoms with van der Waals surface area (Å²) in [7, 11) is 0. The standard InChI is InChI=1S/C16H23FN4O2/c17-14-9-18-16(19-15(14)20-3-5-23-6-4-20)21-12-1-2-13(21)8-11(7-12)10-22/h9,11-13,22H,1-8,10H2/t11?,12-,13+. The number of anilines is 2. The fourth-order valence-corrected chi connectivity index (χ4v) is 4.24. The van der Waals surface area contributed by atoms with Gasteiger partial charge in [0.25, 0.3) is 0 Å². The van der Waals surface area contributed by atoms with Gasteiger partial charge in [-0.05, 0) is 31.6 Å². The lowest BCUT2D eigenvalue weighted by Gasteiger charge is -2.39. The zero-order valence-electron chi connectivity index (χ0n) is 13.2. The monoisotopic (exact) mass is 322 g/mol. The Morgan fingerprint density at radius 3 is 2.57 bits per heavy atom. The lowest BCUT2D eigenvalue weighted by Crippen LogP contribution is -2.45. The number of nitrogens with zero attached hydrogens (tertiary/aromatic N) is 4. The first-order valence-electron chi connectivity index (χ1n) is 8.50. The van der Waals surface area contributed by atoms with Gasteiger partial charge in [0.15, 0.2) is 11.6 Å². The van der Waals surface area contributed by atoms with Gasteiger partial charge in [-0.2, -0.15) is 4.98 Å². The normalized spacial score (nSPS) is 30.8. The lowest BCUT2D eigenvalue weighted by atomic mass is 9.92. The highest BCUT2D eigenvalue weighted by molar-refractivity contribution is 5.47. The second-order valence-electron chi connectivity index (χ2n) is 6.75. The van der Waals surface area contributed by atoms with E-state index in [9.17, 15) is 9.50 Å². The molecule has 2 bridgehead atoms. The average Bonchev–Trinajstić information content (AvgIpc) is 2.86. The van der Waals surface area contributed by atoms with Crippen molar-refractivity contribution in [3.63, 3.8) is 0 Å². The number of piperidine rings is 1. The summed E-state index contributed by atoms with van der Waals surface area (Å²) in [6, 6.07) is 0.739. The Morgan fingerprint density at radius 1 is 1.22 bits per heavy atom. The molecule has 126 valence electrons. The van der Waals surface area contributed by atoms with Crippen LogP contribution in [0.1, 0.15) is 25.7 Å². The Hall–Kier alpha value is -1.47. The predicted molar refractivity (Wildman–Crippen MR) is 84.1 cm³/mol. The summed E-state index contributed by atoms with van der Waals surface area (Å²) in [5.74, 6) is 1.04. The minimum Gasteiger partial charge on any atom is -0.396 e. The maximum Gasteiger partial charge on any atom is 0.227 e. The molecule has 23 heavy (non-hydrogen) atoms. The first-order valence-corrected chi connectivity index (χ1v) is 8.50. The van der Waals surface area contributed by atoms with Gasteiger partial charge in [-0.15, -0.1) is 0 Å². The number of aliphatic hydroxyl groups excluding tert-OH is 1. The molecule has 1 unspecified atom stereocenters. The van der Waals surface area contributed by atoms with Crippen molar-refractivity contribution in [1.29, 1.82) is 0 Å². The highest BCUT2D eigenvalue weighted by atomic mass is 19.1. The molecular formula is C16H23FN4O2. The summed E-state index contributed by atoms with van der Waals surface area (Å²) in [6.07, 6.45) is 5.45. The highest BCUT2D eigenvalue weighted by Gasteiger charge is 2.42. The molecular weight excluding hydrogens is 299 g/mol. The lowest BCUT2D eigenvalue weighted by molar-refractivity contribution is 0.122. The van der Waals surface area contributed by atoms with Crippen LogP contribution >= 0.6 is 0 Å². The molecule has 0 aliphatic carbocycles. The molecule has 0 saturated carbocycles. The van der Waals surface area contributed by atoms with Gasteiger partial charge >= 0.3 is 0 Å². The Bertz CT molecular complexity index is 553. The van der Waals surface area contributed by atoms with Crippen molar-refractivity contribution in [2.45, 2.75) is 37.8 Å². The molecule has 3 aliphatic heterocycles. The maximum absolute atomic E-state index is 14.2. The third-order valence-corrected chi connectivity index (χ3v) is 5.34. The van der Waals surface area contributed by atoms with E-state index in [1.807, 2.05) is 4.90 Å². The van der Waals surface area contributed by atoms with E-state index in [0.29, 0.717) is 56.1 Å². The van der Waals surface area contributed by atoms with Crippen molar-refractivity contribution in [1.82, 2.24) is 9.97 Å². The van der Waals surface area contributed by atoms with E-state index in [4.69, 9.17) is 4.74 Å². The van der Waals surface area contributed by atoms with Crippen LogP contribution in [-0.4, -0.2) is 60.1 Å². The van der Waals surface area contributed by atoms with E-state index < -0.39 is 0 Å². The summed E-state index contributed by atoms with van der Waals surface area (Å²) in [6.45, 7) is 2.78. The molecule has 1 aromatic rings. The predicted octanol–water partition coefficient (Wildman–Crippen LogP) is 1.19. The molecule has 4 heterocycles. The van der Waals surface area contributed by atoms with Crippen LogP contribution in [0, 0.1) is 11.7 Å². The molecule has 4 rings (SSSR count). The molecule has 7 heteroatoms. The first-order chi connectivity index (χ1) is 11.3. The summed E-state index contributed by atoms with van der Waals surface area (Å²) in [5.41, 5.74) is 0. The number of rotatable bonds is 3. The zero-order chi connectivity index (χ0) is 15.8. The van der Waals surface area contributed by atoms with Crippen LogP contribution in [0.2, 0.25) is 0 Å². The molecule has 0 aromatic carbocycles. The molecule has 3 atom stereocenters. The van der Waals surface area contributed by atoms with Crippen molar-refractivity contribution in [2.24, 2.45) is 5.92 Å². The van der Waals surface area contributed by atoms with Gasteiger partial charge in [0, 0.05) is 31.8 Å². The largest absolute Gasteiger partial charge is 0.396 e. The summed E-state index contributed by atoms with van der Waals surface area (Å²) in [5, 5.41) is 9.44. The van der Waals surface area contributed by atoms with Crippen LogP contribution in [0.5, 0.6) is 0 Å². The number of morpholine rings is 1. The fourth-order valence-electron chi connectivity index (χ4n) is 4.24. The molecule has 3 saturated heterocycles. The van der Waals surface area contributed by atoms with Gasteiger partial charge in [0.05, 0.1) is 19.4 Å². The van der Waals surface area contributed by atoms with Crippen LogP contribution in [-0.2, 0) is 4.74 Å². The van der Waals surface area contributed by atoms with Crippen LogP contribution in [0.4, 0.5) is 16.2 Å². The smallest absolute Gasteiger partial charge is 0.227 e. The SMILES string of the molecule is OCC1C[C@H]2CC[C@@H](C1)N2c1ncc(F)c(N2CCOCC2)n1. The molecule has 0 radical (unpaired) electrons. The Morgan fingerprint density at radius 2 is 1.91 bits per heavy atom. The summed E-state index contributed by atoms with van der Waals surface area (Å²) in [4.78, 5) is 13.0. The fraction of sp³-hybridized carbons (Fsp3) is 0.750. The highest BCUT2D eigenvalue weighted by Crippen LogP contribution is 2.40. The second-order valence-corrected chi connectivity index (χ2v) is 6.75. The number of aliphatic hydroxyl groups is 1. The van der Waals surface area contributed by atoms with Gasteiger partial charge in [-0.1, -0.05) is 0 Å². The van der Waals surface area contributed by atoms with Crippen LogP contribution in [0.3, 0.4) is 0 Å². The summed E-state index contributed by atoms with van der Waals surface area (Å²) < 4.78 is 19.5. The van der Waals surface area contributed by atoms with E-state index in [-0.39, 0.29) is 12.4 Å². The van der Waals surface area contributed by atoms with E-state index in [0.717, 1.165) is 25.7 Å². The Labute approximate surface area is 135 Å². The van der Waals surface area contributed by atoms with E-state index >= 15 is 0 Å². The minimum absolute atomic E-state index is 0.254. The second kappa shape index (κ2) is 6.20. The van der Waals surface area contributed by atoms with Crippen LogP contribution < -0.4 is 9.80 Å². The molecule has 3 aliphatic rings. The van der Waals surface area contributed by atoms with Crippen molar-refractivity contribution >= 4 is 11.8 Å². The van der Waals surface area contributed by atoms with E-state index in [1.165, 1.54) is 6.20 Å². The number of hydrogen-bond donors (Lipinski definition) is 1. The zero-order valence-corrected chi connectivity index (χ0v) is 13.2. The number of ether oxygens (including phenoxy) is 1. The van der Waals surface area contributed by atoms with Crippen molar-refractivity contribution < 1.29 is 14.2 Å². The van der Waals surface area contributed by atoms with E-state index in [1.54, 1.807) is 0 Å². The molecule has 0 spiro atoms. The first kappa shape index (κ1) is 15.1. The third kappa shape index (κ3) is 2.76. The van der Waals surface area contributed by atoms with E-state index in [2.05, 4.69) is 14.9 Å². The van der Waals surface area contributed by atoms with Crippen molar-refractivity contribution in [3.05, 3.63) is 12.0 Å². The molecule has 1 N–H and O–H groups in total. The number of aromatic nitrogens is 2. The van der Waals surface area contributed by atoms with Crippen molar-refractivity contribution in [3.8, 4) is 0 Å². The Balaban J connectivity index is 1.60. The quantitative estimate of drug-likeness (QED) is 0.902. The van der Waals surface area contributed by atoms with Gasteiger partial charge < -0.3 is 19.6 Å². The van der Waals surface area contributed by atoms with Crippen molar-refractivity contribution in [2.75, 3.05) is 42.7 Å². The minimum atomic E-state index is -0.367. The average molecular weight is 322 g/mol. The Kier molecular flexibility index (Phi) is 4.07. The third-order valence-electron chi connectivity index (χ3n) is 5.34. The molecule has 1 aromatic heterocycles. The number of hydrogen-bond acceptors (Lipinski definition) is 6. The van der Waals surface area contributed by atoms with Gasteiger partial charge in [0.1, 0.15) is 0 Å². The maximum atomic E-state index is 14.2. The van der Waals surface area contributed by atoms with Gasteiger partial charge in [-0.25, -0.2) is 9.37 Å². The molecule has 6 nitrogen and oxygen atoms in total. The topological polar surface area (TPSA) is 61.7 Å². The molecule has 0 amide bonds. The summed E-state index contributed by atoms with van der Waals surface area (Å²) >= 11 is 0. The molecule has 3 fully saturated rings. The van der Waals surface area contributed by atoms with Crippen LogP contribution in [0.15, 0.2) is 6.20 Å².